The molecule has 1 aliphatic rings. The fourth-order valence-electron chi connectivity index (χ4n) is 2.68. The molecule has 0 aliphatic carbocycles. The molecular formula is C16H16N4O2. The van der Waals surface area contributed by atoms with Crippen molar-refractivity contribution in [3.8, 4) is 0 Å². The van der Waals surface area contributed by atoms with E-state index in [0.29, 0.717) is 22.7 Å². The standard InChI is InChI=1S/C16H16N4O2/c1-9-5-3-7-11(17)13(9)19-15(21)20(16(19)22)14-10(2)6-4-8-12(14)18/h3-8H,17-18H2,1-2H3. The van der Waals surface area contributed by atoms with E-state index < -0.39 is 12.1 Å². The minimum absolute atomic E-state index is 0.388. The second-order valence-corrected chi connectivity index (χ2v) is 5.26. The molecule has 0 radical (unpaired) electrons. The van der Waals surface area contributed by atoms with Gasteiger partial charge >= 0.3 is 12.1 Å². The largest absolute Gasteiger partial charge is 0.397 e. The van der Waals surface area contributed by atoms with Gasteiger partial charge in [0.15, 0.2) is 0 Å². The lowest BCUT2D eigenvalue weighted by atomic mass is 10.1. The third kappa shape index (κ3) is 1.81. The molecule has 0 unspecified atom stereocenters. The lowest BCUT2D eigenvalue weighted by Crippen LogP contribution is -2.65. The Morgan fingerprint density at radius 1 is 0.727 bits per heavy atom. The Bertz CT molecular complexity index is 681. The second kappa shape index (κ2) is 4.77. The molecule has 0 bridgehead atoms. The van der Waals surface area contributed by atoms with Crippen molar-refractivity contribution in [1.29, 1.82) is 0 Å². The predicted molar refractivity (Wildman–Crippen MR) is 86.9 cm³/mol. The van der Waals surface area contributed by atoms with E-state index in [0.717, 1.165) is 20.9 Å². The highest BCUT2D eigenvalue weighted by Gasteiger charge is 2.48. The van der Waals surface area contributed by atoms with Gasteiger partial charge in [-0.15, -0.1) is 0 Å². The molecule has 0 atom stereocenters. The molecule has 0 aromatic heterocycles. The molecule has 2 aromatic rings. The van der Waals surface area contributed by atoms with Gasteiger partial charge in [-0.3, -0.25) is 0 Å². The van der Waals surface area contributed by atoms with E-state index in [1.54, 1.807) is 50.2 Å². The van der Waals surface area contributed by atoms with Crippen molar-refractivity contribution in [3.63, 3.8) is 0 Å². The zero-order valence-corrected chi connectivity index (χ0v) is 12.3. The molecule has 6 nitrogen and oxygen atoms in total. The van der Waals surface area contributed by atoms with E-state index in [-0.39, 0.29) is 0 Å². The zero-order valence-electron chi connectivity index (χ0n) is 12.3. The minimum Gasteiger partial charge on any atom is -0.397 e. The van der Waals surface area contributed by atoms with Crippen LogP contribution in [0.2, 0.25) is 0 Å². The number of nitrogen functional groups attached to an aromatic ring is 2. The van der Waals surface area contributed by atoms with E-state index in [1.807, 2.05) is 0 Å². The number of nitrogens with two attached hydrogens (primary N) is 2. The van der Waals surface area contributed by atoms with Crippen LogP contribution in [0.4, 0.5) is 32.3 Å². The summed E-state index contributed by atoms with van der Waals surface area (Å²) in [5.41, 5.74) is 15.0. The number of nitrogens with zero attached hydrogens (tertiary/aromatic N) is 2. The number of hydrogen-bond acceptors (Lipinski definition) is 4. The number of anilines is 4. The maximum Gasteiger partial charge on any atom is 0.345 e. The Labute approximate surface area is 127 Å². The van der Waals surface area contributed by atoms with Crippen LogP contribution in [0.1, 0.15) is 11.1 Å². The first-order valence-electron chi connectivity index (χ1n) is 6.82. The smallest absolute Gasteiger partial charge is 0.345 e. The predicted octanol–water partition coefficient (Wildman–Crippen LogP) is 3.03. The Kier molecular flexibility index (Phi) is 3.02. The van der Waals surface area contributed by atoms with E-state index in [9.17, 15) is 9.59 Å². The fraction of sp³-hybridized carbons (Fsp3) is 0.125. The molecule has 112 valence electrons. The number of carbonyl (C=O) groups excluding carboxylic acids is 2. The van der Waals surface area contributed by atoms with Crippen LogP contribution in [0.5, 0.6) is 0 Å². The zero-order chi connectivity index (χ0) is 16.0. The topological polar surface area (TPSA) is 92.7 Å². The number of aryl methyl sites for hydroxylation is 2. The van der Waals surface area contributed by atoms with Gasteiger partial charge in [-0.05, 0) is 37.1 Å². The fourth-order valence-corrected chi connectivity index (χ4v) is 2.68. The van der Waals surface area contributed by atoms with Crippen LogP contribution < -0.4 is 21.3 Å². The highest BCUT2D eigenvalue weighted by Crippen LogP contribution is 2.39. The highest BCUT2D eigenvalue weighted by atomic mass is 16.2. The van der Waals surface area contributed by atoms with Gasteiger partial charge in [0.1, 0.15) is 0 Å². The molecule has 2 aromatic carbocycles. The summed E-state index contributed by atoms with van der Waals surface area (Å²) < 4.78 is 0. The summed E-state index contributed by atoms with van der Waals surface area (Å²) in [6, 6.07) is 9.58. The van der Waals surface area contributed by atoms with E-state index >= 15 is 0 Å². The molecule has 4 N–H and O–H groups in total. The van der Waals surface area contributed by atoms with Gasteiger partial charge in [0, 0.05) is 0 Å². The van der Waals surface area contributed by atoms with Gasteiger partial charge in [-0.2, -0.15) is 0 Å². The van der Waals surface area contributed by atoms with Gasteiger partial charge < -0.3 is 11.5 Å². The number of rotatable bonds is 2. The Hall–Kier alpha value is -3.02. The average molecular weight is 296 g/mol. The van der Waals surface area contributed by atoms with Gasteiger partial charge in [0.05, 0.1) is 22.7 Å². The van der Waals surface area contributed by atoms with Crippen molar-refractivity contribution < 1.29 is 9.59 Å². The van der Waals surface area contributed by atoms with Crippen molar-refractivity contribution in [1.82, 2.24) is 0 Å². The molecule has 22 heavy (non-hydrogen) atoms. The molecule has 1 heterocycles. The van der Waals surface area contributed by atoms with E-state index in [2.05, 4.69) is 0 Å². The van der Waals surface area contributed by atoms with Crippen LogP contribution in [-0.2, 0) is 0 Å². The molecular weight excluding hydrogens is 280 g/mol. The highest BCUT2D eigenvalue weighted by molar-refractivity contribution is 6.42. The minimum atomic E-state index is -0.452. The normalized spacial score (nSPS) is 14.3. The molecule has 4 amide bonds. The van der Waals surface area contributed by atoms with Crippen LogP contribution in [0.3, 0.4) is 0 Å². The average Bonchev–Trinajstić information content (AvgIpc) is 2.46. The maximum atomic E-state index is 12.5. The van der Waals surface area contributed by atoms with Crippen LogP contribution in [0.15, 0.2) is 36.4 Å². The Morgan fingerprint density at radius 2 is 1.09 bits per heavy atom. The van der Waals surface area contributed by atoms with Gasteiger partial charge in [0.2, 0.25) is 0 Å². The third-order valence-corrected chi connectivity index (χ3v) is 3.75. The number of imide groups is 2. The first-order valence-corrected chi connectivity index (χ1v) is 6.82. The summed E-state index contributed by atoms with van der Waals surface area (Å²) in [6.45, 7) is 3.61. The number of carbonyl (C=O) groups is 2. The Balaban J connectivity index is 2.03. The van der Waals surface area contributed by atoms with Gasteiger partial charge in [-0.25, -0.2) is 19.4 Å². The molecule has 3 rings (SSSR count). The summed E-state index contributed by atoms with van der Waals surface area (Å²) in [5.74, 6) is 0. The molecule has 1 aliphatic heterocycles. The van der Waals surface area contributed by atoms with Crippen molar-refractivity contribution in [2.45, 2.75) is 13.8 Å². The number of para-hydroxylation sites is 2. The third-order valence-electron chi connectivity index (χ3n) is 3.75. The van der Waals surface area contributed by atoms with Crippen molar-refractivity contribution in [2.24, 2.45) is 0 Å². The van der Waals surface area contributed by atoms with E-state index in [1.165, 1.54) is 0 Å². The molecule has 1 saturated heterocycles. The van der Waals surface area contributed by atoms with Crippen LogP contribution >= 0.6 is 0 Å². The summed E-state index contributed by atoms with van der Waals surface area (Å²) in [5, 5.41) is 0. The Morgan fingerprint density at radius 3 is 1.41 bits per heavy atom. The van der Waals surface area contributed by atoms with Gasteiger partial charge in [0.25, 0.3) is 0 Å². The molecule has 6 heteroatoms. The molecule has 0 spiro atoms. The second-order valence-electron chi connectivity index (χ2n) is 5.26. The maximum absolute atomic E-state index is 12.5. The lowest BCUT2D eigenvalue weighted by molar-refractivity contribution is 0.226. The SMILES string of the molecule is Cc1cccc(N)c1N1C(=O)N(c2c(C)cccc2N)C1=O. The first-order chi connectivity index (χ1) is 10.4. The van der Waals surface area contributed by atoms with Crippen molar-refractivity contribution in [2.75, 3.05) is 21.3 Å². The van der Waals surface area contributed by atoms with Crippen molar-refractivity contribution >= 4 is 34.8 Å². The van der Waals surface area contributed by atoms with Crippen LogP contribution in [0, 0.1) is 13.8 Å². The number of amides is 4. The van der Waals surface area contributed by atoms with E-state index in [4.69, 9.17) is 11.5 Å². The van der Waals surface area contributed by atoms with Crippen molar-refractivity contribution in [3.05, 3.63) is 47.5 Å². The first kappa shape index (κ1) is 13.9. The number of urea groups is 2. The monoisotopic (exact) mass is 296 g/mol. The quantitative estimate of drug-likeness (QED) is 0.833. The summed E-state index contributed by atoms with van der Waals surface area (Å²) >= 11 is 0. The van der Waals surface area contributed by atoms with Crippen LogP contribution in [0.25, 0.3) is 0 Å². The van der Waals surface area contributed by atoms with Crippen LogP contribution in [-0.4, -0.2) is 12.1 Å². The number of hydrogen-bond donors (Lipinski definition) is 2. The summed E-state index contributed by atoms with van der Waals surface area (Å²) in [6.07, 6.45) is 0. The summed E-state index contributed by atoms with van der Waals surface area (Å²) in [4.78, 5) is 27.2. The molecule has 0 saturated carbocycles. The lowest BCUT2D eigenvalue weighted by Gasteiger charge is -2.40. The number of benzene rings is 2. The molecule has 1 fully saturated rings. The van der Waals surface area contributed by atoms with Gasteiger partial charge in [-0.1, -0.05) is 24.3 Å². The summed E-state index contributed by atoms with van der Waals surface area (Å²) in [7, 11) is 0.